The van der Waals surface area contributed by atoms with Crippen LogP contribution in [0.2, 0.25) is 0 Å². The number of hydrogen-bond donors (Lipinski definition) is 1. The molecule has 0 aliphatic rings. The van der Waals surface area contributed by atoms with Gasteiger partial charge in [0.2, 0.25) is 0 Å². The van der Waals surface area contributed by atoms with E-state index in [0.29, 0.717) is 23.2 Å². The van der Waals surface area contributed by atoms with Gasteiger partial charge < -0.3 is 10.1 Å². The first-order valence-corrected chi connectivity index (χ1v) is 6.75. The maximum atomic E-state index is 14.0. The first kappa shape index (κ1) is 14.6. The molecule has 0 fully saturated rings. The van der Waals surface area contributed by atoms with Gasteiger partial charge in [-0.05, 0) is 41.9 Å². The number of hydrogen-bond acceptors (Lipinski definition) is 2. The molecule has 0 saturated carbocycles. The fourth-order valence-corrected chi connectivity index (χ4v) is 2.13. The van der Waals surface area contributed by atoms with Crippen LogP contribution in [0.3, 0.4) is 0 Å². The molecule has 4 heteroatoms. The summed E-state index contributed by atoms with van der Waals surface area (Å²) in [4.78, 5) is 0. The molecule has 1 aromatic rings. The third-order valence-corrected chi connectivity index (χ3v) is 3.17. The number of benzene rings is 1. The molecule has 17 heavy (non-hydrogen) atoms. The van der Waals surface area contributed by atoms with E-state index in [-0.39, 0.29) is 11.9 Å². The van der Waals surface area contributed by atoms with Crippen LogP contribution in [-0.2, 0) is 4.74 Å². The van der Waals surface area contributed by atoms with Gasteiger partial charge in [-0.1, -0.05) is 19.1 Å². The number of rotatable bonds is 7. The summed E-state index contributed by atoms with van der Waals surface area (Å²) in [6.07, 6.45) is 0.773. The summed E-state index contributed by atoms with van der Waals surface area (Å²) in [6.45, 7) is 6.12. The maximum Gasteiger partial charge on any atom is 0.142 e. The molecule has 0 aliphatic carbocycles. The number of nitrogens with one attached hydrogen (secondary N) is 1. The molecule has 0 radical (unpaired) electrons. The van der Waals surface area contributed by atoms with Crippen LogP contribution in [0.4, 0.5) is 4.39 Å². The zero-order valence-corrected chi connectivity index (χ0v) is 11.9. The molecule has 1 aromatic carbocycles. The Hall–Kier alpha value is -0.450. The SMILES string of the molecule is CCNC(CCOCC)c1cccc(Br)c1F. The number of ether oxygens (including phenoxy) is 1. The molecule has 0 bridgehead atoms. The van der Waals surface area contributed by atoms with Crippen LogP contribution in [0.25, 0.3) is 0 Å². The Balaban J connectivity index is 2.77. The van der Waals surface area contributed by atoms with Crippen molar-refractivity contribution in [1.29, 1.82) is 0 Å². The summed E-state index contributed by atoms with van der Waals surface area (Å²) >= 11 is 3.21. The van der Waals surface area contributed by atoms with E-state index in [0.717, 1.165) is 13.0 Å². The predicted molar refractivity (Wildman–Crippen MR) is 71.6 cm³/mol. The smallest absolute Gasteiger partial charge is 0.142 e. The van der Waals surface area contributed by atoms with Crippen molar-refractivity contribution >= 4 is 15.9 Å². The van der Waals surface area contributed by atoms with E-state index in [1.807, 2.05) is 26.0 Å². The Kier molecular flexibility index (Phi) is 6.70. The second kappa shape index (κ2) is 7.80. The summed E-state index contributed by atoms with van der Waals surface area (Å²) in [5, 5.41) is 3.29. The van der Waals surface area contributed by atoms with E-state index >= 15 is 0 Å². The molecule has 0 saturated heterocycles. The molecule has 1 N–H and O–H groups in total. The van der Waals surface area contributed by atoms with Crippen molar-refractivity contribution in [2.75, 3.05) is 19.8 Å². The van der Waals surface area contributed by atoms with Gasteiger partial charge in [0.05, 0.1) is 4.47 Å². The Morgan fingerprint density at radius 1 is 1.41 bits per heavy atom. The standard InChI is InChI=1S/C13H19BrFNO/c1-3-16-12(8-9-17-4-2)10-6-5-7-11(14)13(10)15/h5-7,12,16H,3-4,8-9H2,1-2H3. The van der Waals surface area contributed by atoms with Crippen LogP contribution in [0.1, 0.15) is 31.9 Å². The van der Waals surface area contributed by atoms with Crippen LogP contribution in [0.5, 0.6) is 0 Å². The van der Waals surface area contributed by atoms with Gasteiger partial charge >= 0.3 is 0 Å². The molecule has 0 aliphatic heterocycles. The van der Waals surface area contributed by atoms with Gasteiger partial charge in [-0.15, -0.1) is 0 Å². The van der Waals surface area contributed by atoms with Gasteiger partial charge in [-0.25, -0.2) is 4.39 Å². The van der Waals surface area contributed by atoms with E-state index in [1.54, 1.807) is 6.07 Å². The highest BCUT2D eigenvalue weighted by Crippen LogP contribution is 2.25. The topological polar surface area (TPSA) is 21.3 Å². The van der Waals surface area contributed by atoms with Crippen molar-refractivity contribution in [3.05, 3.63) is 34.1 Å². The minimum Gasteiger partial charge on any atom is -0.382 e. The van der Waals surface area contributed by atoms with E-state index in [4.69, 9.17) is 4.74 Å². The molecule has 0 amide bonds. The lowest BCUT2D eigenvalue weighted by atomic mass is 10.0. The van der Waals surface area contributed by atoms with Gasteiger partial charge in [0.25, 0.3) is 0 Å². The lowest BCUT2D eigenvalue weighted by Crippen LogP contribution is -2.23. The van der Waals surface area contributed by atoms with Crippen LogP contribution >= 0.6 is 15.9 Å². The molecule has 1 unspecified atom stereocenters. The molecule has 96 valence electrons. The minimum absolute atomic E-state index is 0.00375. The summed E-state index contributed by atoms with van der Waals surface area (Å²) in [5.41, 5.74) is 0.695. The van der Waals surface area contributed by atoms with Crippen molar-refractivity contribution in [3.63, 3.8) is 0 Å². The zero-order valence-electron chi connectivity index (χ0n) is 10.3. The molecule has 2 nitrogen and oxygen atoms in total. The second-order valence-electron chi connectivity index (χ2n) is 3.74. The molecule has 1 atom stereocenters. The van der Waals surface area contributed by atoms with E-state index < -0.39 is 0 Å². The van der Waals surface area contributed by atoms with Crippen molar-refractivity contribution in [1.82, 2.24) is 5.32 Å². The summed E-state index contributed by atoms with van der Waals surface area (Å²) in [7, 11) is 0. The molecule has 1 rings (SSSR count). The van der Waals surface area contributed by atoms with Crippen molar-refractivity contribution in [2.24, 2.45) is 0 Å². The Bertz CT molecular complexity index is 346. The number of halogens is 2. The average Bonchev–Trinajstić information content (AvgIpc) is 2.32. The quantitative estimate of drug-likeness (QED) is 0.776. The Morgan fingerprint density at radius 2 is 2.18 bits per heavy atom. The van der Waals surface area contributed by atoms with Gasteiger partial charge in [-0.3, -0.25) is 0 Å². The van der Waals surface area contributed by atoms with Crippen molar-refractivity contribution in [2.45, 2.75) is 26.3 Å². The largest absolute Gasteiger partial charge is 0.382 e. The minimum atomic E-state index is -0.185. The van der Waals surface area contributed by atoms with E-state index in [1.165, 1.54) is 0 Å². The third-order valence-electron chi connectivity index (χ3n) is 2.56. The molecular formula is C13H19BrFNO. The molecule has 0 heterocycles. The third kappa shape index (κ3) is 4.37. The summed E-state index contributed by atoms with van der Waals surface area (Å²) in [5.74, 6) is -0.185. The second-order valence-corrected chi connectivity index (χ2v) is 4.59. The van der Waals surface area contributed by atoms with Gasteiger partial charge in [-0.2, -0.15) is 0 Å². The highest BCUT2D eigenvalue weighted by Gasteiger charge is 2.16. The van der Waals surface area contributed by atoms with Crippen LogP contribution in [-0.4, -0.2) is 19.8 Å². The fraction of sp³-hybridized carbons (Fsp3) is 0.538. The van der Waals surface area contributed by atoms with Gasteiger partial charge in [0.1, 0.15) is 5.82 Å². The monoisotopic (exact) mass is 303 g/mol. The van der Waals surface area contributed by atoms with Crippen molar-refractivity contribution in [3.8, 4) is 0 Å². The Morgan fingerprint density at radius 3 is 2.82 bits per heavy atom. The molecular weight excluding hydrogens is 285 g/mol. The van der Waals surface area contributed by atoms with E-state index in [9.17, 15) is 4.39 Å². The lowest BCUT2D eigenvalue weighted by molar-refractivity contribution is 0.136. The summed E-state index contributed by atoms with van der Waals surface area (Å²) in [6, 6.07) is 5.39. The van der Waals surface area contributed by atoms with Gasteiger partial charge in [0.15, 0.2) is 0 Å². The lowest BCUT2D eigenvalue weighted by Gasteiger charge is -2.19. The van der Waals surface area contributed by atoms with Crippen LogP contribution in [0.15, 0.2) is 22.7 Å². The van der Waals surface area contributed by atoms with Crippen LogP contribution in [0, 0.1) is 5.82 Å². The maximum absolute atomic E-state index is 14.0. The zero-order chi connectivity index (χ0) is 12.7. The first-order valence-electron chi connectivity index (χ1n) is 5.95. The van der Waals surface area contributed by atoms with E-state index in [2.05, 4.69) is 21.2 Å². The highest BCUT2D eigenvalue weighted by atomic mass is 79.9. The molecule has 0 aromatic heterocycles. The average molecular weight is 304 g/mol. The van der Waals surface area contributed by atoms with Gasteiger partial charge in [0, 0.05) is 24.8 Å². The van der Waals surface area contributed by atoms with Crippen LogP contribution < -0.4 is 5.32 Å². The summed E-state index contributed by atoms with van der Waals surface area (Å²) < 4.78 is 19.8. The highest BCUT2D eigenvalue weighted by molar-refractivity contribution is 9.10. The Labute approximate surface area is 111 Å². The predicted octanol–water partition coefficient (Wildman–Crippen LogP) is 3.67. The molecule has 0 spiro atoms. The fourth-order valence-electron chi connectivity index (χ4n) is 1.75. The normalized spacial score (nSPS) is 12.7. The van der Waals surface area contributed by atoms with Crippen molar-refractivity contribution < 1.29 is 9.13 Å². The first-order chi connectivity index (χ1) is 8.20.